The molecule has 128 valence electrons. The number of rotatable bonds is 5. The maximum Gasteiger partial charge on any atom is 0.119 e. The fraction of sp³-hybridized carbons (Fsp3) is 0.0870. The van der Waals surface area contributed by atoms with Crippen molar-refractivity contribution in [2.24, 2.45) is 5.73 Å². The van der Waals surface area contributed by atoms with E-state index in [9.17, 15) is 0 Å². The van der Waals surface area contributed by atoms with Gasteiger partial charge in [0.25, 0.3) is 0 Å². The third-order valence-corrected chi connectivity index (χ3v) is 4.47. The average molecular weight is 340 g/mol. The van der Waals surface area contributed by atoms with E-state index < -0.39 is 0 Å². The van der Waals surface area contributed by atoms with Crippen molar-refractivity contribution < 1.29 is 4.74 Å². The summed E-state index contributed by atoms with van der Waals surface area (Å²) in [5.41, 5.74) is 10.7. The zero-order chi connectivity index (χ0) is 17.8. The van der Waals surface area contributed by atoms with Crippen LogP contribution in [0.5, 0.6) is 5.75 Å². The van der Waals surface area contributed by atoms with E-state index in [1.54, 1.807) is 6.20 Å². The van der Waals surface area contributed by atoms with Crippen LogP contribution in [0.25, 0.3) is 10.9 Å². The highest BCUT2D eigenvalue weighted by Crippen LogP contribution is 2.25. The van der Waals surface area contributed by atoms with Gasteiger partial charge in [0, 0.05) is 11.6 Å². The van der Waals surface area contributed by atoms with E-state index in [0.29, 0.717) is 6.61 Å². The fourth-order valence-corrected chi connectivity index (χ4v) is 2.99. The molecule has 26 heavy (non-hydrogen) atoms. The van der Waals surface area contributed by atoms with Crippen LogP contribution in [0.1, 0.15) is 22.7 Å². The number of aromatic nitrogens is 1. The molecule has 3 aromatic carbocycles. The number of benzene rings is 3. The first-order valence-corrected chi connectivity index (χ1v) is 8.66. The van der Waals surface area contributed by atoms with E-state index in [2.05, 4.69) is 29.2 Å². The Hall–Kier alpha value is -3.17. The summed E-state index contributed by atoms with van der Waals surface area (Å²) in [7, 11) is 0. The molecular formula is C23H20N2O. The number of nitrogens with zero attached hydrogens (tertiary/aromatic N) is 1. The fourth-order valence-electron chi connectivity index (χ4n) is 2.99. The van der Waals surface area contributed by atoms with Gasteiger partial charge in [-0.25, -0.2) is 0 Å². The minimum absolute atomic E-state index is 0.178. The lowest BCUT2D eigenvalue weighted by molar-refractivity contribution is 0.306. The number of hydrogen-bond donors (Lipinski definition) is 1. The van der Waals surface area contributed by atoms with Crippen LogP contribution in [-0.4, -0.2) is 4.98 Å². The Labute approximate surface area is 153 Å². The number of fused-ring (bicyclic) bond motifs is 1. The second kappa shape index (κ2) is 7.38. The van der Waals surface area contributed by atoms with E-state index in [-0.39, 0.29) is 6.04 Å². The highest BCUT2D eigenvalue weighted by molar-refractivity contribution is 5.79. The Kier molecular flexibility index (Phi) is 4.63. The Morgan fingerprint density at radius 1 is 0.808 bits per heavy atom. The maximum atomic E-state index is 6.46. The predicted octanol–water partition coefficient (Wildman–Crippen LogP) is 4.86. The summed E-state index contributed by atoms with van der Waals surface area (Å²) in [4.78, 5) is 4.35. The Balaban J connectivity index is 1.48. The third kappa shape index (κ3) is 3.58. The minimum atomic E-state index is -0.178. The van der Waals surface area contributed by atoms with Gasteiger partial charge in [-0.15, -0.1) is 0 Å². The molecule has 0 bridgehead atoms. The van der Waals surface area contributed by atoms with Crippen molar-refractivity contribution in [2.45, 2.75) is 12.6 Å². The summed E-state index contributed by atoms with van der Waals surface area (Å²) in [6.07, 6.45) is 1.80. The maximum absolute atomic E-state index is 6.46. The van der Waals surface area contributed by atoms with Gasteiger partial charge in [0.15, 0.2) is 0 Å². The quantitative estimate of drug-likeness (QED) is 0.564. The molecule has 0 radical (unpaired) electrons. The van der Waals surface area contributed by atoms with Crippen molar-refractivity contribution in [3.8, 4) is 5.75 Å². The van der Waals surface area contributed by atoms with Crippen molar-refractivity contribution in [3.63, 3.8) is 0 Å². The van der Waals surface area contributed by atoms with Gasteiger partial charge in [0.2, 0.25) is 0 Å². The van der Waals surface area contributed by atoms with Crippen LogP contribution < -0.4 is 10.5 Å². The molecule has 0 aliphatic carbocycles. The molecule has 4 aromatic rings. The normalized spacial score (nSPS) is 12.0. The molecule has 3 heteroatoms. The zero-order valence-electron chi connectivity index (χ0n) is 14.4. The summed E-state index contributed by atoms with van der Waals surface area (Å²) < 4.78 is 5.84. The van der Waals surface area contributed by atoms with Crippen molar-refractivity contribution in [2.75, 3.05) is 0 Å². The largest absolute Gasteiger partial charge is 0.489 e. The second-order valence-electron chi connectivity index (χ2n) is 6.28. The lowest BCUT2D eigenvalue weighted by atomic mass is 9.98. The molecule has 0 saturated heterocycles. The second-order valence-corrected chi connectivity index (χ2v) is 6.28. The molecular weight excluding hydrogens is 320 g/mol. The molecule has 3 nitrogen and oxygen atoms in total. The van der Waals surface area contributed by atoms with Crippen LogP contribution in [0, 0.1) is 0 Å². The molecule has 4 rings (SSSR count). The molecule has 0 aliphatic heterocycles. The standard InChI is InChI=1S/C23H20N2O/c24-23(20-10-13-22-19(15-20)7-4-14-25-22)18-8-11-21(12-9-18)26-16-17-5-2-1-3-6-17/h1-15,23H,16,24H2. The lowest BCUT2D eigenvalue weighted by Crippen LogP contribution is -2.11. The summed E-state index contributed by atoms with van der Waals surface area (Å²) in [5, 5.41) is 1.10. The van der Waals surface area contributed by atoms with Gasteiger partial charge in [-0.05, 0) is 47.0 Å². The van der Waals surface area contributed by atoms with Crippen molar-refractivity contribution in [3.05, 3.63) is 108 Å². The molecule has 0 aliphatic rings. The van der Waals surface area contributed by atoms with Gasteiger partial charge in [-0.2, -0.15) is 0 Å². The highest BCUT2D eigenvalue weighted by atomic mass is 16.5. The molecule has 0 saturated carbocycles. The van der Waals surface area contributed by atoms with E-state index in [0.717, 1.165) is 33.3 Å². The third-order valence-electron chi connectivity index (χ3n) is 4.47. The summed E-state index contributed by atoms with van der Waals surface area (Å²) in [6, 6.07) is 28.1. The van der Waals surface area contributed by atoms with Crippen molar-refractivity contribution >= 4 is 10.9 Å². The van der Waals surface area contributed by atoms with Crippen molar-refractivity contribution in [1.82, 2.24) is 4.98 Å². The predicted molar refractivity (Wildman–Crippen MR) is 105 cm³/mol. The Morgan fingerprint density at radius 3 is 2.38 bits per heavy atom. The van der Waals surface area contributed by atoms with Crippen LogP contribution >= 0.6 is 0 Å². The molecule has 1 unspecified atom stereocenters. The van der Waals surface area contributed by atoms with Crippen LogP contribution in [-0.2, 0) is 6.61 Å². The van der Waals surface area contributed by atoms with Gasteiger partial charge < -0.3 is 10.5 Å². The number of pyridine rings is 1. The molecule has 1 atom stereocenters. The molecule has 1 aromatic heterocycles. The SMILES string of the molecule is NC(c1ccc(OCc2ccccc2)cc1)c1ccc2ncccc2c1. The molecule has 0 fully saturated rings. The van der Waals surface area contributed by atoms with Crippen LogP contribution in [0.3, 0.4) is 0 Å². The van der Waals surface area contributed by atoms with E-state index in [1.165, 1.54) is 0 Å². The molecule has 0 spiro atoms. The topological polar surface area (TPSA) is 48.1 Å². The van der Waals surface area contributed by atoms with Gasteiger partial charge in [0.05, 0.1) is 11.6 Å². The van der Waals surface area contributed by atoms with Gasteiger partial charge in [-0.1, -0.05) is 54.6 Å². The zero-order valence-corrected chi connectivity index (χ0v) is 14.4. The molecule has 0 amide bonds. The summed E-state index contributed by atoms with van der Waals surface area (Å²) in [6.45, 7) is 0.559. The van der Waals surface area contributed by atoms with Gasteiger partial charge in [0.1, 0.15) is 12.4 Å². The number of ether oxygens (including phenoxy) is 1. The molecule has 1 heterocycles. The van der Waals surface area contributed by atoms with E-state index >= 15 is 0 Å². The highest BCUT2D eigenvalue weighted by Gasteiger charge is 2.10. The lowest BCUT2D eigenvalue weighted by Gasteiger charge is -2.14. The number of hydrogen-bond acceptors (Lipinski definition) is 3. The van der Waals surface area contributed by atoms with Crippen LogP contribution in [0.4, 0.5) is 0 Å². The Morgan fingerprint density at radius 2 is 1.58 bits per heavy atom. The van der Waals surface area contributed by atoms with Crippen LogP contribution in [0.2, 0.25) is 0 Å². The van der Waals surface area contributed by atoms with Gasteiger partial charge >= 0.3 is 0 Å². The Bertz CT molecular complexity index is 997. The molecule has 2 N–H and O–H groups in total. The van der Waals surface area contributed by atoms with E-state index in [4.69, 9.17) is 10.5 Å². The van der Waals surface area contributed by atoms with E-state index in [1.807, 2.05) is 60.7 Å². The first kappa shape index (κ1) is 16.3. The van der Waals surface area contributed by atoms with Crippen LogP contribution in [0.15, 0.2) is 91.1 Å². The average Bonchev–Trinajstić information content (AvgIpc) is 2.72. The smallest absolute Gasteiger partial charge is 0.119 e. The van der Waals surface area contributed by atoms with Crippen molar-refractivity contribution in [1.29, 1.82) is 0 Å². The van der Waals surface area contributed by atoms with Gasteiger partial charge in [-0.3, -0.25) is 4.98 Å². The monoisotopic (exact) mass is 340 g/mol. The first-order valence-electron chi connectivity index (χ1n) is 8.66. The first-order chi connectivity index (χ1) is 12.8. The summed E-state index contributed by atoms with van der Waals surface area (Å²) in [5.74, 6) is 0.840. The summed E-state index contributed by atoms with van der Waals surface area (Å²) >= 11 is 0. The minimum Gasteiger partial charge on any atom is -0.489 e. The number of nitrogens with two attached hydrogens (primary N) is 1.